The molecular weight excluding hydrogens is 344 g/mol. The number of likely N-dealkylation sites (N-methyl/N-ethyl adjacent to an activating group) is 1. The fourth-order valence-electron chi connectivity index (χ4n) is 3.99. The number of ether oxygens (including phenoxy) is 1. The van der Waals surface area contributed by atoms with Crippen molar-refractivity contribution in [2.24, 2.45) is 0 Å². The molecule has 3 rings (SSSR count). The van der Waals surface area contributed by atoms with Gasteiger partial charge < -0.3 is 19.4 Å². The molecule has 2 saturated heterocycles. The SMILES string of the molecule is CCN(CC)C(=O)CN1CCOC2(CCN(c3ccncc3)CC2)CC1=O. The van der Waals surface area contributed by atoms with Crippen LogP contribution in [0.15, 0.2) is 24.5 Å². The van der Waals surface area contributed by atoms with Gasteiger partial charge in [-0.25, -0.2) is 0 Å². The van der Waals surface area contributed by atoms with Crippen molar-refractivity contribution in [3.8, 4) is 0 Å². The molecule has 27 heavy (non-hydrogen) atoms. The minimum atomic E-state index is -0.395. The summed E-state index contributed by atoms with van der Waals surface area (Å²) < 4.78 is 6.18. The summed E-state index contributed by atoms with van der Waals surface area (Å²) in [5.74, 6) is 0.0437. The van der Waals surface area contributed by atoms with E-state index in [-0.39, 0.29) is 18.4 Å². The monoisotopic (exact) mass is 374 g/mol. The van der Waals surface area contributed by atoms with Gasteiger partial charge in [-0.15, -0.1) is 0 Å². The standard InChI is InChI=1S/C20H30N4O3/c1-3-22(4-2)19(26)16-24-13-14-27-20(15-18(24)25)7-11-23(12-8-20)17-5-9-21-10-6-17/h5-6,9-10H,3-4,7-8,11-16H2,1-2H3. The van der Waals surface area contributed by atoms with E-state index >= 15 is 0 Å². The van der Waals surface area contributed by atoms with Gasteiger partial charge in [-0.2, -0.15) is 0 Å². The summed E-state index contributed by atoms with van der Waals surface area (Å²) in [5, 5.41) is 0. The largest absolute Gasteiger partial charge is 0.372 e. The highest BCUT2D eigenvalue weighted by molar-refractivity contribution is 5.85. The lowest BCUT2D eigenvalue weighted by Crippen LogP contribution is -2.48. The Morgan fingerprint density at radius 1 is 1.19 bits per heavy atom. The second-order valence-electron chi connectivity index (χ2n) is 7.28. The Balaban J connectivity index is 1.59. The number of amides is 2. The smallest absolute Gasteiger partial charge is 0.242 e. The molecule has 0 aliphatic carbocycles. The van der Waals surface area contributed by atoms with Crippen LogP contribution in [0.5, 0.6) is 0 Å². The minimum Gasteiger partial charge on any atom is -0.372 e. The van der Waals surface area contributed by atoms with Crippen molar-refractivity contribution in [1.82, 2.24) is 14.8 Å². The molecule has 1 aromatic heterocycles. The van der Waals surface area contributed by atoms with Crippen molar-refractivity contribution in [2.45, 2.75) is 38.7 Å². The third kappa shape index (κ3) is 4.58. The second-order valence-corrected chi connectivity index (χ2v) is 7.28. The van der Waals surface area contributed by atoms with Gasteiger partial charge in [0.15, 0.2) is 0 Å². The third-order valence-electron chi connectivity index (χ3n) is 5.74. The number of carbonyl (C=O) groups is 2. The summed E-state index contributed by atoms with van der Waals surface area (Å²) in [7, 11) is 0. The zero-order valence-corrected chi connectivity index (χ0v) is 16.4. The first-order chi connectivity index (χ1) is 13.1. The predicted molar refractivity (Wildman–Crippen MR) is 103 cm³/mol. The molecule has 2 aliphatic rings. The van der Waals surface area contributed by atoms with Crippen molar-refractivity contribution in [3.63, 3.8) is 0 Å². The van der Waals surface area contributed by atoms with Gasteiger partial charge in [0.25, 0.3) is 0 Å². The molecule has 0 atom stereocenters. The number of nitrogens with zero attached hydrogens (tertiary/aromatic N) is 4. The fourth-order valence-corrected chi connectivity index (χ4v) is 3.99. The molecule has 2 fully saturated rings. The maximum absolute atomic E-state index is 12.8. The van der Waals surface area contributed by atoms with Gasteiger partial charge in [-0.3, -0.25) is 14.6 Å². The number of piperidine rings is 1. The molecule has 148 valence electrons. The number of anilines is 1. The summed E-state index contributed by atoms with van der Waals surface area (Å²) in [4.78, 5) is 35.0. The molecule has 2 aliphatic heterocycles. The van der Waals surface area contributed by atoms with Crippen LogP contribution in [0.1, 0.15) is 33.1 Å². The maximum atomic E-state index is 12.8. The molecule has 0 unspecified atom stereocenters. The van der Waals surface area contributed by atoms with E-state index in [1.165, 1.54) is 0 Å². The van der Waals surface area contributed by atoms with Crippen molar-refractivity contribution in [2.75, 3.05) is 50.8 Å². The summed E-state index contributed by atoms with van der Waals surface area (Å²) in [6.45, 7) is 8.11. The molecule has 2 amide bonds. The number of aromatic nitrogens is 1. The van der Waals surface area contributed by atoms with Crippen molar-refractivity contribution in [1.29, 1.82) is 0 Å². The zero-order chi connectivity index (χ0) is 19.3. The third-order valence-corrected chi connectivity index (χ3v) is 5.74. The average Bonchev–Trinajstić information content (AvgIpc) is 2.83. The van der Waals surface area contributed by atoms with Crippen LogP contribution >= 0.6 is 0 Å². The van der Waals surface area contributed by atoms with Gasteiger partial charge in [0, 0.05) is 50.8 Å². The zero-order valence-electron chi connectivity index (χ0n) is 16.4. The maximum Gasteiger partial charge on any atom is 0.242 e. The highest BCUT2D eigenvalue weighted by Crippen LogP contribution is 2.33. The van der Waals surface area contributed by atoms with E-state index < -0.39 is 5.60 Å². The van der Waals surface area contributed by atoms with E-state index in [1.807, 2.05) is 26.0 Å². The average molecular weight is 374 g/mol. The summed E-state index contributed by atoms with van der Waals surface area (Å²) in [6.07, 6.45) is 5.60. The van der Waals surface area contributed by atoms with E-state index in [9.17, 15) is 9.59 Å². The van der Waals surface area contributed by atoms with Gasteiger partial charge in [0.05, 0.1) is 25.2 Å². The van der Waals surface area contributed by atoms with Crippen LogP contribution in [0.2, 0.25) is 0 Å². The first kappa shape index (κ1) is 19.6. The van der Waals surface area contributed by atoms with E-state index in [0.29, 0.717) is 32.7 Å². The van der Waals surface area contributed by atoms with Crippen molar-refractivity contribution >= 4 is 17.5 Å². The highest BCUT2D eigenvalue weighted by atomic mass is 16.5. The Morgan fingerprint density at radius 3 is 2.48 bits per heavy atom. The van der Waals surface area contributed by atoms with Crippen molar-refractivity contribution in [3.05, 3.63) is 24.5 Å². The Morgan fingerprint density at radius 2 is 1.85 bits per heavy atom. The molecular formula is C20H30N4O3. The highest BCUT2D eigenvalue weighted by Gasteiger charge is 2.41. The number of carbonyl (C=O) groups excluding carboxylic acids is 2. The lowest BCUT2D eigenvalue weighted by molar-refractivity contribution is -0.141. The van der Waals surface area contributed by atoms with Crippen LogP contribution in [0.25, 0.3) is 0 Å². The van der Waals surface area contributed by atoms with Crippen LogP contribution in [0.3, 0.4) is 0 Å². The van der Waals surface area contributed by atoms with Crippen molar-refractivity contribution < 1.29 is 14.3 Å². The molecule has 0 aromatic carbocycles. The number of rotatable bonds is 5. The van der Waals surface area contributed by atoms with Crippen LogP contribution in [0.4, 0.5) is 5.69 Å². The quantitative estimate of drug-likeness (QED) is 0.782. The van der Waals surface area contributed by atoms with Crippen LogP contribution in [-0.2, 0) is 14.3 Å². The van der Waals surface area contributed by atoms with E-state index in [2.05, 4.69) is 9.88 Å². The molecule has 0 saturated carbocycles. The predicted octanol–water partition coefficient (Wildman–Crippen LogP) is 1.54. The lowest BCUT2D eigenvalue weighted by atomic mass is 9.87. The molecule has 1 aromatic rings. The second kappa shape index (κ2) is 8.69. The molecule has 0 N–H and O–H groups in total. The Labute approximate surface area is 161 Å². The van der Waals surface area contributed by atoms with E-state index in [4.69, 9.17) is 4.74 Å². The Kier molecular flexibility index (Phi) is 6.31. The normalized spacial score (nSPS) is 19.9. The lowest BCUT2D eigenvalue weighted by Gasteiger charge is -2.41. The fraction of sp³-hybridized carbons (Fsp3) is 0.650. The molecule has 1 spiro atoms. The first-order valence-electron chi connectivity index (χ1n) is 9.91. The summed E-state index contributed by atoms with van der Waals surface area (Å²) in [6, 6.07) is 4.02. The number of hydrogen-bond donors (Lipinski definition) is 0. The molecule has 0 bridgehead atoms. The van der Waals surface area contributed by atoms with Gasteiger partial charge in [-0.05, 0) is 38.8 Å². The molecule has 0 radical (unpaired) electrons. The first-order valence-corrected chi connectivity index (χ1v) is 9.91. The van der Waals surface area contributed by atoms with Crippen LogP contribution in [0, 0.1) is 0 Å². The molecule has 7 nitrogen and oxygen atoms in total. The summed E-state index contributed by atoms with van der Waals surface area (Å²) in [5.41, 5.74) is 0.763. The van der Waals surface area contributed by atoms with Gasteiger partial charge in [0.1, 0.15) is 0 Å². The molecule has 7 heteroatoms. The summed E-state index contributed by atoms with van der Waals surface area (Å²) >= 11 is 0. The minimum absolute atomic E-state index is 0.0109. The van der Waals surface area contributed by atoms with Gasteiger partial charge >= 0.3 is 0 Å². The number of pyridine rings is 1. The van der Waals surface area contributed by atoms with Gasteiger partial charge in [-0.1, -0.05) is 0 Å². The van der Waals surface area contributed by atoms with E-state index in [1.54, 1.807) is 22.2 Å². The van der Waals surface area contributed by atoms with Crippen LogP contribution in [-0.4, -0.2) is 78.1 Å². The molecule has 3 heterocycles. The number of hydrogen-bond acceptors (Lipinski definition) is 5. The topological polar surface area (TPSA) is 66.0 Å². The van der Waals surface area contributed by atoms with Crippen LogP contribution < -0.4 is 4.90 Å². The Hall–Kier alpha value is -2.15. The van der Waals surface area contributed by atoms with E-state index in [0.717, 1.165) is 31.6 Å². The van der Waals surface area contributed by atoms with Gasteiger partial charge in [0.2, 0.25) is 11.8 Å². The Bertz CT molecular complexity index is 640.